The summed E-state index contributed by atoms with van der Waals surface area (Å²) in [6, 6.07) is 17.0. The van der Waals surface area contributed by atoms with Crippen molar-refractivity contribution in [2.75, 3.05) is 0 Å². The summed E-state index contributed by atoms with van der Waals surface area (Å²) in [4.78, 5) is 12.1. The van der Waals surface area contributed by atoms with Crippen LogP contribution in [0.5, 0.6) is 11.5 Å². The molecule has 1 amide bonds. The van der Waals surface area contributed by atoms with E-state index >= 15 is 0 Å². The van der Waals surface area contributed by atoms with Crippen molar-refractivity contribution in [1.29, 1.82) is 0 Å². The van der Waals surface area contributed by atoms with Crippen molar-refractivity contribution in [2.45, 2.75) is 39.5 Å². The molecule has 2 aromatic rings. The second kappa shape index (κ2) is 8.22. The molecule has 0 saturated heterocycles. The molecule has 0 aromatic heterocycles. The molecule has 2 aromatic carbocycles. The van der Waals surface area contributed by atoms with Crippen molar-refractivity contribution in [2.24, 2.45) is 0 Å². The molecule has 4 nitrogen and oxygen atoms in total. The largest absolute Gasteiger partial charge is 0.491 e. The van der Waals surface area contributed by atoms with Crippen LogP contribution >= 0.6 is 0 Å². The number of benzene rings is 2. The Labute approximate surface area is 137 Å². The van der Waals surface area contributed by atoms with E-state index < -0.39 is 6.10 Å². The highest BCUT2D eigenvalue weighted by molar-refractivity contribution is 5.80. The van der Waals surface area contributed by atoms with Gasteiger partial charge in [-0.3, -0.25) is 4.79 Å². The molecule has 0 radical (unpaired) electrons. The summed E-state index contributed by atoms with van der Waals surface area (Å²) < 4.78 is 11.2. The molecule has 1 N–H and O–H groups in total. The van der Waals surface area contributed by atoms with E-state index in [2.05, 4.69) is 5.32 Å². The number of carbonyl (C=O) groups excluding carboxylic acids is 1. The summed E-state index contributed by atoms with van der Waals surface area (Å²) in [6.07, 6.45) is -0.391. The second-order valence-corrected chi connectivity index (χ2v) is 5.60. The van der Waals surface area contributed by atoms with Crippen molar-refractivity contribution in [3.8, 4) is 11.5 Å². The van der Waals surface area contributed by atoms with Crippen LogP contribution in [0.15, 0.2) is 54.6 Å². The van der Waals surface area contributed by atoms with Gasteiger partial charge in [0.05, 0.1) is 6.10 Å². The van der Waals surface area contributed by atoms with E-state index in [1.807, 2.05) is 68.4 Å². The third-order valence-corrected chi connectivity index (χ3v) is 3.19. The Morgan fingerprint density at radius 1 is 0.913 bits per heavy atom. The lowest BCUT2D eigenvalue weighted by Gasteiger charge is -2.15. The standard InChI is InChI=1S/C19H23NO3/c1-14(2)22-18-11-9-16(10-12-18)13-20-19(21)15(3)23-17-7-5-4-6-8-17/h4-12,14-15H,13H2,1-3H3,(H,20,21)/t15-/m1/s1. The average Bonchev–Trinajstić information content (AvgIpc) is 2.54. The van der Waals surface area contributed by atoms with Crippen molar-refractivity contribution < 1.29 is 14.3 Å². The normalized spacial score (nSPS) is 11.8. The van der Waals surface area contributed by atoms with Crippen LogP contribution in [0.2, 0.25) is 0 Å². The van der Waals surface area contributed by atoms with Gasteiger partial charge in [-0.2, -0.15) is 0 Å². The van der Waals surface area contributed by atoms with Gasteiger partial charge in [-0.25, -0.2) is 0 Å². The molecule has 122 valence electrons. The Kier molecular flexibility index (Phi) is 6.03. The van der Waals surface area contributed by atoms with Gasteiger partial charge in [0.2, 0.25) is 0 Å². The van der Waals surface area contributed by atoms with E-state index in [0.717, 1.165) is 11.3 Å². The minimum absolute atomic E-state index is 0.142. The first-order valence-corrected chi connectivity index (χ1v) is 7.79. The lowest BCUT2D eigenvalue weighted by molar-refractivity contribution is -0.127. The third kappa shape index (κ3) is 5.66. The quantitative estimate of drug-likeness (QED) is 0.850. The van der Waals surface area contributed by atoms with Gasteiger partial charge in [0, 0.05) is 6.54 Å². The molecule has 0 heterocycles. The summed E-state index contributed by atoms with van der Waals surface area (Å²) >= 11 is 0. The van der Waals surface area contributed by atoms with Crippen molar-refractivity contribution in [3.63, 3.8) is 0 Å². The van der Waals surface area contributed by atoms with Crippen LogP contribution in [0.1, 0.15) is 26.3 Å². The molecule has 2 rings (SSSR count). The number of rotatable bonds is 7. The molecule has 0 unspecified atom stereocenters. The van der Waals surface area contributed by atoms with Gasteiger partial charge < -0.3 is 14.8 Å². The highest BCUT2D eigenvalue weighted by Crippen LogP contribution is 2.14. The predicted molar refractivity (Wildman–Crippen MR) is 90.6 cm³/mol. The van der Waals surface area contributed by atoms with E-state index in [4.69, 9.17) is 9.47 Å². The van der Waals surface area contributed by atoms with Gasteiger partial charge in [-0.1, -0.05) is 30.3 Å². The van der Waals surface area contributed by atoms with Gasteiger partial charge in [0.1, 0.15) is 11.5 Å². The molecule has 0 fully saturated rings. The molecule has 0 saturated carbocycles. The highest BCUT2D eigenvalue weighted by atomic mass is 16.5. The Bertz CT molecular complexity index is 608. The maximum absolute atomic E-state index is 12.1. The fraction of sp³-hybridized carbons (Fsp3) is 0.316. The predicted octanol–water partition coefficient (Wildman–Crippen LogP) is 3.56. The Hall–Kier alpha value is -2.49. The molecular formula is C19H23NO3. The molecule has 0 aliphatic rings. The van der Waals surface area contributed by atoms with Crippen LogP contribution in [-0.4, -0.2) is 18.1 Å². The number of para-hydroxylation sites is 1. The van der Waals surface area contributed by atoms with E-state index in [1.54, 1.807) is 6.92 Å². The van der Waals surface area contributed by atoms with Gasteiger partial charge in [0.15, 0.2) is 6.10 Å². The Balaban J connectivity index is 1.81. The zero-order valence-electron chi connectivity index (χ0n) is 13.8. The molecule has 0 bridgehead atoms. The number of nitrogens with one attached hydrogen (secondary N) is 1. The van der Waals surface area contributed by atoms with Crippen LogP contribution in [0.25, 0.3) is 0 Å². The van der Waals surface area contributed by atoms with E-state index in [1.165, 1.54) is 0 Å². The first-order chi connectivity index (χ1) is 11.0. The van der Waals surface area contributed by atoms with Gasteiger partial charge >= 0.3 is 0 Å². The van der Waals surface area contributed by atoms with Crippen molar-refractivity contribution in [1.82, 2.24) is 5.32 Å². The fourth-order valence-corrected chi connectivity index (χ4v) is 2.05. The van der Waals surface area contributed by atoms with Crippen molar-refractivity contribution in [3.05, 3.63) is 60.2 Å². The first-order valence-electron chi connectivity index (χ1n) is 7.79. The number of carbonyl (C=O) groups is 1. The summed E-state index contributed by atoms with van der Waals surface area (Å²) in [5.74, 6) is 1.37. The minimum atomic E-state index is -0.541. The number of ether oxygens (including phenoxy) is 2. The fourth-order valence-electron chi connectivity index (χ4n) is 2.05. The Morgan fingerprint density at radius 3 is 2.13 bits per heavy atom. The maximum Gasteiger partial charge on any atom is 0.261 e. The molecule has 0 aliphatic carbocycles. The lowest BCUT2D eigenvalue weighted by atomic mass is 10.2. The van der Waals surface area contributed by atoms with Crippen LogP contribution < -0.4 is 14.8 Å². The number of hydrogen-bond acceptors (Lipinski definition) is 3. The zero-order valence-corrected chi connectivity index (χ0v) is 13.8. The summed E-state index contributed by atoms with van der Waals surface area (Å²) in [7, 11) is 0. The summed E-state index contributed by atoms with van der Waals surface area (Å²) in [5.41, 5.74) is 1.02. The monoisotopic (exact) mass is 313 g/mol. The summed E-state index contributed by atoms with van der Waals surface area (Å²) in [6.45, 7) is 6.18. The number of amides is 1. The summed E-state index contributed by atoms with van der Waals surface area (Å²) in [5, 5.41) is 2.87. The van der Waals surface area contributed by atoms with Crippen LogP contribution in [0.3, 0.4) is 0 Å². The SMILES string of the molecule is CC(C)Oc1ccc(CNC(=O)[C@@H](C)Oc2ccccc2)cc1. The Morgan fingerprint density at radius 2 is 1.52 bits per heavy atom. The molecule has 0 spiro atoms. The van der Waals surface area contributed by atoms with Crippen molar-refractivity contribution >= 4 is 5.91 Å². The molecule has 1 atom stereocenters. The van der Waals surface area contributed by atoms with E-state index in [0.29, 0.717) is 12.3 Å². The van der Waals surface area contributed by atoms with Gasteiger partial charge in [-0.05, 0) is 50.6 Å². The smallest absolute Gasteiger partial charge is 0.261 e. The average molecular weight is 313 g/mol. The van der Waals surface area contributed by atoms with E-state index in [9.17, 15) is 4.79 Å². The molecule has 23 heavy (non-hydrogen) atoms. The zero-order chi connectivity index (χ0) is 16.7. The van der Waals surface area contributed by atoms with Crippen LogP contribution in [0.4, 0.5) is 0 Å². The topological polar surface area (TPSA) is 47.6 Å². The first kappa shape index (κ1) is 16.9. The molecular weight excluding hydrogens is 290 g/mol. The highest BCUT2D eigenvalue weighted by Gasteiger charge is 2.14. The molecule has 0 aliphatic heterocycles. The lowest BCUT2D eigenvalue weighted by Crippen LogP contribution is -2.35. The third-order valence-electron chi connectivity index (χ3n) is 3.19. The second-order valence-electron chi connectivity index (χ2n) is 5.60. The maximum atomic E-state index is 12.1. The van der Waals surface area contributed by atoms with Crippen LogP contribution in [0, 0.1) is 0 Å². The number of hydrogen-bond donors (Lipinski definition) is 1. The van der Waals surface area contributed by atoms with Crippen LogP contribution in [-0.2, 0) is 11.3 Å². The van der Waals surface area contributed by atoms with E-state index in [-0.39, 0.29) is 12.0 Å². The van der Waals surface area contributed by atoms with Gasteiger partial charge in [-0.15, -0.1) is 0 Å². The van der Waals surface area contributed by atoms with Gasteiger partial charge in [0.25, 0.3) is 5.91 Å². The minimum Gasteiger partial charge on any atom is -0.491 e. The molecule has 4 heteroatoms.